The van der Waals surface area contributed by atoms with Crippen LogP contribution in [0.15, 0.2) is 17.2 Å². The third kappa shape index (κ3) is 4.09. The first-order chi connectivity index (χ1) is 10.0. The third-order valence-electron chi connectivity index (χ3n) is 2.48. The number of aromatic nitrogens is 5. The summed E-state index contributed by atoms with van der Waals surface area (Å²) in [5.74, 6) is 0.689. The van der Waals surface area contributed by atoms with Gasteiger partial charge >= 0.3 is 0 Å². The standard InChI is InChI=1S/C10H14ClN7O2S/c1-2-3-12-10-8(11)4-7(5-13-10)21(19,20)14-6-9-15-17-18-16-9/h4-5,14H,2-3,6H2,1H3,(H,12,13)(H,15,16,17,18). The van der Waals surface area contributed by atoms with E-state index in [4.69, 9.17) is 11.6 Å². The van der Waals surface area contributed by atoms with Gasteiger partial charge in [-0.25, -0.2) is 18.1 Å². The number of hydrogen-bond donors (Lipinski definition) is 3. The van der Waals surface area contributed by atoms with Gasteiger partial charge in [0.15, 0.2) is 5.82 Å². The van der Waals surface area contributed by atoms with Crippen molar-refractivity contribution in [3.05, 3.63) is 23.1 Å². The summed E-state index contributed by atoms with van der Waals surface area (Å²) in [4.78, 5) is 3.99. The maximum absolute atomic E-state index is 12.1. The molecule has 11 heteroatoms. The van der Waals surface area contributed by atoms with Gasteiger partial charge in [-0.3, -0.25) is 0 Å². The summed E-state index contributed by atoms with van der Waals surface area (Å²) >= 11 is 6.01. The van der Waals surface area contributed by atoms with Crippen LogP contribution in [0.5, 0.6) is 0 Å². The monoisotopic (exact) mass is 331 g/mol. The van der Waals surface area contributed by atoms with Crippen molar-refractivity contribution in [2.24, 2.45) is 0 Å². The Hall–Kier alpha value is -1.78. The highest BCUT2D eigenvalue weighted by Crippen LogP contribution is 2.22. The Balaban J connectivity index is 2.10. The molecular formula is C10H14ClN7O2S. The fourth-order valence-corrected chi connectivity index (χ4v) is 2.69. The number of pyridine rings is 1. The molecule has 0 aromatic carbocycles. The second-order valence-electron chi connectivity index (χ2n) is 4.08. The summed E-state index contributed by atoms with van der Waals surface area (Å²) in [5.41, 5.74) is 0. The zero-order chi connectivity index (χ0) is 15.3. The molecular weight excluding hydrogens is 318 g/mol. The molecule has 0 saturated carbocycles. The van der Waals surface area contributed by atoms with Crippen molar-refractivity contribution in [2.75, 3.05) is 11.9 Å². The molecule has 2 rings (SSSR count). The number of halogens is 1. The SMILES string of the molecule is CCCNc1ncc(S(=O)(=O)NCc2nn[nH]n2)cc1Cl. The van der Waals surface area contributed by atoms with E-state index in [1.165, 1.54) is 12.3 Å². The van der Waals surface area contributed by atoms with Gasteiger partial charge in [0.05, 0.1) is 11.6 Å². The van der Waals surface area contributed by atoms with Gasteiger partial charge in [-0.15, -0.1) is 10.2 Å². The largest absolute Gasteiger partial charge is 0.369 e. The molecule has 0 aliphatic rings. The molecule has 9 nitrogen and oxygen atoms in total. The van der Waals surface area contributed by atoms with Gasteiger partial charge in [-0.1, -0.05) is 23.7 Å². The minimum absolute atomic E-state index is 0.0296. The highest BCUT2D eigenvalue weighted by Gasteiger charge is 2.17. The number of nitrogens with one attached hydrogen (secondary N) is 3. The van der Waals surface area contributed by atoms with Crippen LogP contribution >= 0.6 is 11.6 Å². The van der Waals surface area contributed by atoms with Crippen LogP contribution in [-0.4, -0.2) is 40.6 Å². The van der Waals surface area contributed by atoms with Crippen LogP contribution in [0.25, 0.3) is 0 Å². The molecule has 3 N–H and O–H groups in total. The summed E-state index contributed by atoms with van der Waals surface area (Å²) in [6.07, 6.45) is 2.15. The smallest absolute Gasteiger partial charge is 0.242 e. The highest BCUT2D eigenvalue weighted by atomic mass is 35.5. The molecule has 2 heterocycles. The molecule has 0 fully saturated rings. The van der Waals surface area contributed by atoms with Crippen LogP contribution in [0.4, 0.5) is 5.82 Å². The third-order valence-corrected chi connectivity index (χ3v) is 4.13. The summed E-state index contributed by atoms with van der Waals surface area (Å²) in [5, 5.41) is 16.1. The number of tetrazole rings is 1. The average Bonchev–Trinajstić information content (AvgIpc) is 2.97. The predicted molar refractivity (Wildman–Crippen MR) is 76.2 cm³/mol. The number of H-pyrrole nitrogens is 1. The van der Waals surface area contributed by atoms with Crippen molar-refractivity contribution in [2.45, 2.75) is 24.8 Å². The van der Waals surface area contributed by atoms with E-state index >= 15 is 0 Å². The Morgan fingerprint density at radius 2 is 2.24 bits per heavy atom. The van der Waals surface area contributed by atoms with Gasteiger partial charge in [0, 0.05) is 12.7 Å². The van der Waals surface area contributed by atoms with Crippen LogP contribution in [0.2, 0.25) is 5.02 Å². The molecule has 0 unspecified atom stereocenters. The Morgan fingerprint density at radius 3 is 2.86 bits per heavy atom. The molecule has 0 aliphatic heterocycles. The number of nitrogens with zero attached hydrogens (tertiary/aromatic N) is 4. The molecule has 0 atom stereocenters. The number of hydrogen-bond acceptors (Lipinski definition) is 7. The van der Waals surface area contributed by atoms with E-state index in [0.29, 0.717) is 12.4 Å². The van der Waals surface area contributed by atoms with Crippen LogP contribution in [0, 0.1) is 0 Å². The Bertz CT molecular complexity index is 689. The van der Waals surface area contributed by atoms with E-state index in [-0.39, 0.29) is 22.3 Å². The molecule has 2 aromatic heterocycles. The summed E-state index contributed by atoms with van der Waals surface area (Å²) in [7, 11) is -3.74. The first kappa shape index (κ1) is 15.6. The molecule has 2 aromatic rings. The Morgan fingerprint density at radius 1 is 1.43 bits per heavy atom. The predicted octanol–water partition coefficient (Wildman–Crippen LogP) is 0.548. The van der Waals surface area contributed by atoms with E-state index in [2.05, 4.69) is 35.6 Å². The number of anilines is 1. The molecule has 0 radical (unpaired) electrons. The van der Waals surface area contributed by atoms with E-state index in [9.17, 15) is 8.42 Å². The lowest BCUT2D eigenvalue weighted by Crippen LogP contribution is -2.24. The van der Waals surface area contributed by atoms with E-state index in [0.717, 1.165) is 6.42 Å². The average molecular weight is 332 g/mol. The van der Waals surface area contributed by atoms with Gasteiger partial charge in [0.25, 0.3) is 0 Å². The fourth-order valence-electron chi connectivity index (χ4n) is 1.44. The zero-order valence-corrected chi connectivity index (χ0v) is 12.7. The Kier molecular flexibility index (Phi) is 5.04. The van der Waals surface area contributed by atoms with Gasteiger partial charge in [0.1, 0.15) is 10.7 Å². The van der Waals surface area contributed by atoms with Crippen molar-refractivity contribution in [1.29, 1.82) is 0 Å². The quantitative estimate of drug-likeness (QED) is 0.676. The lowest BCUT2D eigenvalue weighted by Gasteiger charge is -2.09. The highest BCUT2D eigenvalue weighted by molar-refractivity contribution is 7.89. The Labute approximate surface area is 126 Å². The van der Waals surface area contributed by atoms with Crippen LogP contribution < -0.4 is 10.0 Å². The second-order valence-corrected chi connectivity index (χ2v) is 6.25. The zero-order valence-electron chi connectivity index (χ0n) is 11.2. The normalized spacial score (nSPS) is 11.5. The van der Waals surface area contributed by atoms with Crippen molar-refractivity contribution in [1.82, 2.24) is 30.3 Å². The molecule has 0 aliphatic carbocycles. The molecule has 21 heavy (non-hydrogen) atoms. The van der Waals surface area contributed by atoms with Gasteiger partial charge in [-0.2, -0.15) is 5.21 Å². The maximum atomic E-state index is 12.1. The van der Waals surface area contributed by atoms with Crippen molar-refractivity contribution >= 4 is 27.4 Å². The maximum Gasteiger partial charge on any atom is 0.242 e. The van der Waals surface area contributed by atoms with Crippen molar-refractivity contribution in [3.63, 3.8) is 0 Å². The van der Waals surface area contributed by atoms with Gasteiger partial charge in [-0.05, 0) is 12.5 Å². The molecule has 114 valence electrons. The first-order valence-electron chi connectivity index (χ1n) is 6.14. The van der Waals surface area contributed by atoms with Crippen LogP contribution in [0.3, 0.4) is 0 Å². The summed E-state index contributed by atoms with van der Waals surface area (Å²) in [6.45, 7) is 2.63. The van der Waals surface area contributed by atoms with E-state index < -0.39 is 10.0 Å². The molecule has 0 saturated heterocycles. The van der Waals surface area contributed by atoms with Gasteiger partial charge < -0.3 is 5.32 Å². The fraction of sp³-hybridized carbons (Fsp3) is 0.400. The van der Waals surface area contributed by atoms with Gasteiger partial charge in [0.2, 0.25) is 10.0 Å². The van der Waals surface area contributed by atoms with E-state index in [1.807, 2.05) is 6.92 Å². The number of aromatic amines is 1. The van der Waals surface area contributed by atoms with Crippen LogP contribution in [0.1, 0.15) is 19.2 Å². The lowest BCUT2D eigenvalue weighted by atomic mass is 10.4. The topological polar surface area (TPSA) is 126 Å². The lowest BCUT2D eigenvalue weighted by molar-refractivity contribution is 0.579. The number of sulfonamides is 1. The molecule has 0 amide bonds. The van der Waals surface area contributed by atoms with Crippen molar-refractivity contribution in [3.8, 4) is 0 Å². The van der Waals surface area contributed by atoms with E-state index in [1.54, 1.807) is 0 Å². The minimum atomic E-state index is -3.74. The summed E-state index contributed by atoms with van der Waals surface area (Å²) in [6, 6.07) is 1.34. The van der Waals surface area contributed by atoms with Crippen molar-refractivity contribution < 1.29 is 8.42 Å². The molecule has 0 spiro atoms. The molecule has 0 bridgehead atoms. The van der Waals surface area contributed by atoms with Crippen LogP contribution in [-0.2, 0) is 16.6 Å². The first-order valence-corrected chi connectivity index (χ1v) is 8.00. The number of rotatable bonds is 7. The minimum Gasteiger partial charge on any atom is -0.369 e. The second kappa shape index (κ2) is 6.78. The summed E-state index contributed by atoms with van der Waals surface area (Å²) < 4.78 is 26.5.